The van der Waals surface area contributed by atoms with Gasteiger partial charge in [-0.1, -0.05) is 0 Å². The number of nitrogens with zero attached hydrogens (tertiary/aromatic N) is 4. The maximum absolute atomic E-state index is 12.6. The summed E-state index contributed by atoms with van der Waals surface area (Å²) >= 11 is 0. The molecule has 0 bridgehead atoms. The molecule has 8 heteroatoms. The number of likely N-dealkylation sites (tertiary alicyclic amines) is 1. The maximum Gasteiger partial charge on any atom is 0.323 e. The second-order valence-corrected chi connectivity index (χ2v) is 7.14. The molecule has 2 saturated heterocycles. The van der Waals surface area contributed by atoms with Gasteiger partial charge in [0.15, 0.2) is 0 Å². The van der Waals surface area contributed by atoms with Crippen molar-refractivity contribution in [2.75, 3.05) is 31.1 Å². The third-order valence-corrected chi connectivity index (χ3v) is 5.23. The van der Waals surface area contributed by atoms with E-state index in [1.165, 1.54) is 19.0 Å². The lowest BCUT2D eigenvalue weighted by Crippen LogP contribution is -2.39. The fourth-order valence-electron chi connectivity index (χ4n) is 3.91. The summed E-state index contributed by atoms with van der Waals surface area (Å²) in [6.07, 6.45) is 5.78. The number of aromatic nitrogens is 4. The van der Waals surface area contributed by atoms with Crippen LogP contribution < -0.4 is 10.6 Å². The van der Waals surface area contributed by atoms with Crippen LogP contribution in [-0.2, 0) is 0 Å². The SMILES string of the molecule is Cc1nc([C@@H]2CCCN(C(=O)c3c[nH]c(=O)[nH]3)C2)cc(N2CCCC2)n1. The number of imidazole rings is 1. The zero-order valence-corrected chi connectivity index (χ0v) is 15.0. The highest BCUT2D eigenvalue weighted by Gasteiger charge is 2.28. The average molecular weight is 356 g/mol. The first-order chi connectivity index (χ1) is 12.6. The Balaban J connectivity index is 1.54. The number of hydrogen-bond acceptors (Lipinski definition) is 5. The topological polar surface area (TPSA) is 98.0 Å². The van der Waals surface area contributed by atoms with Crippen molar-refractivity contribution in [2.24, 2.45) is 0 Å². The van der Waals surface area contributed by atoms with Gasteiger partial charge in [0.2, 0.25) is 0 Å². The Hall–Kier alpha value is -2.64. The molecule has 0 unspecified atom stereocenters. The summed E-state index contributed by atoms with van der Waals surface area (Å²) in [5.41, 5.74) is 0.968. The second kappa shape index (κ2) is 6.93. The van der Waals surface area contributed by atoms with E-state index in [4.69, 9.17) is 0 Å². The van der Waals surface area contributed by atoms with Crippen LogP contribution in [0, 0.1) is 6.92 Å². The minimum atomic E-state index is -0.358. The number of carbonyl (C=O) groups is 1. The summed E-state index contributed by atoms with van der Waals surface area (Å²) < 4.78 is 0. The lowest BCUT2D eigenvalue weighted by atomic mass is 9.94. The summed E-state index contributed by atoms with van der Waals surface area (Å²) in [7, 11) is 0. The molecule has 26 heavy (non-hydrogen) atoms. The van der Waals surface area contributed by atoms with Crippen molar-refractivity contribution in [3.8, 4) is 0 Å². The van der Waals surface area contributed by atoms with Crippen molar-refractivity contribution in [2.45, 2.75) is 38.5 Å². The van der Waals surface area contributed by atoms with Gasteiger partial charge < -0.3 is 19.8 Å². The minimum Gasteiger partial charge on any atom is -0.357 e. The number of piperidine rings is 1. The Labute approximate surface area is 151 Å². The van der Waals surface area contributed by atoms with Crippen LogP contribution in [0.2, 0.25) is 0 Å². The normalized spacial score (nSPS) is 20.6. The largest absolute Gasteiger partial charge is 0.357 e. The van der Waals surface area contributed by atoms with Gasteiger partial charge in [-0.25, -0.2) is 14.8 Å². The highest BCUT2D eigenvalue weighted by molar-refractivity contribution is 5.92. The fraction of sp³-hybridized carbons (Fsp3) is 0.556. The number of amides is 1. The molecule has 2 aromatic rings. The Bertz CT molecular complexity index is 851. The number of H-pyrrole nitrogens is 2. The molecular weight excluding hydrogens is 332 g/mol. The molecule has 4 heterocycles. The molecule has 2 aliphatic rings. The van der Waals surface area contributed by atoms with Gasteiger partial charge in [-0.3, -0.25) is 4.79 Å². The van der Waals surface area contributed by atoms with E-state index < -0.39 is 0 Å². The first-order valence-corrected chi connectivity index (χ1v) is 9.27. The van der Waals surface area contributed by atoms with Crippen LogP contribution >= 0.6 is 0 Å². The van der Waals surface area contributed by atoms with Gasteiger partial charge in [-0.05, 0) is 32.6 Å². The first-order valence-electron chi connectivity index (χ1n) is 9.27. The van der Waals surface area contributed by atoms with Crippen molar-refractivity contribution in [3.63, 3.8) is 0 Å². The Kier molecular flexibility index (Phi) is 4.48. The summed E-state index contributed by atoms with van der Waals surface area (Å²) in [4.78, 5) is 42.3. The number of rotatable bonds is 3. The molecule has 0 radical (unpaired) electrons. The van der Waals surface area contributed by atoms with E-state index in [2.05, 4.69) is 30.9 Å². The van der Waals surface area contributed by atoms with Crippen molar-refractivity contribution in [1.82, 2.24) is 24.8 Å². The van der Waals surface area contributed by atoms with Crippen molar-refractivity contribution in [1.29, 1.82) is 0 Å². The molecule has 0 aliphatic carbocycles. The fourth-order valence-corrected chi connectivity index (χ4v) is 3.91. The number of aromatic amines is 2. The second-order valence-electron chi connectivity index (χ2n) is 7.14. The van der Waals surface area contributed by atoms with Crippen molar-refractivity contribution in [3.05, 3.63) is 40.0 Å². The highest BCUT2D eigenvalue weighted by atomic mass is 16.2. The predicted octanol–water partition coefficient (Wildman–Crippen LogP) is 1.42. The molecule has 2 fully saturated rings. The van der Waals surface area contributed by atoms with Gasteiger partial charge in [0.05, 0.1) is 5.69 Å². The molecule has 2 N–H and O–H groups in total. The van der Waals surface area contributed by atoms with Crippen LogP contribution in [0.3, 0.4) is 0 Å². The molecule has 0 spiro atoms. The Morgan fingerprint density at radius 1 is 1.19 bits per heavy atom. The van der Waals surface area contributed by atoms with E-state index in [-0.39, 0.29) is 17.5 Å². The molecule has 0 saturated carbocycles. The van der Waals surface area contributed by atoms with Crippen LogP contribution in [0.1, 0.15) is 53.6 Å². The quantitative estimate of drug-likeness (QED) is 0.867. The minimum absolute atomic E-state index is 0.140. The van der Waals surface area contributed by atoms with Gasteiger partial charge in [0.1, 0.15) is 17.3 Å². The zero-order valence-electron chi connectivity index (χ0n) is 15.0. The summed E-state index contributed by atoms with van der Waals surface area (Å²) in [5.74, 6) is 1.84. The van der Waals surface area contributed by atoms with Gasteiger partial charge in [0.25, 0.3) is 5.91 Å². The smallest absolute Gasteiger partial charge is 0.323 e. The molecule has 4 rings (SSSR count). The number of nitrogens with one attached hydrogen (secondary N) is 2. The lowest BCUT2D eigenvalue weighted by molar-refractivity contribution is 0.0700. The van der Waals surface area contributed by atoms with E-state index >= 15 is 0 Å². The van der Waals surface area contributed by atoms with Crippen LogP contribution in [0.25, 0.3) is 0 Å². The van der Waals surface area contributed by atoms with Crippen LogP contribution in [0.15, 0.2) is 17.1 Å². The number of carbonyl (C=O) groups excluding carboxylic acids is 1. The molecule has 0 aromatic carbocycles. The Morgan fingerprint density at radius 3 is 2.73 bits per heavy atom. The summed E-state index contributed by atoms with van der Waals surface area (Å²) in [5, 5.41) is 0. The standard InChI is InChI=1S/C18H24N6O2/c1-12-20-14(9-16(21-12)23-6-2-3-7-23)13-5-4-8-24(11-13)17(25)15-10-19-18(26)22-15/h9-10,13H,2-8,11H2,1H3,(H2,19,22,26)/t13-/m1/s1. The van der Waals surface area contributed by atoms with Gasteiger partial charge >= 0.3 is 5.69 Å². The predicted molar refractivity (Wildman–Crippen MR) is 97.5 cm³/mol. The number of hydrogen-bond donors (Lipinski definition) is 2. The molecule has 1 amide bonds. The van der Waals surface area contributed by atoms with E-state index in [1.807, 2.05) is 6.92 Å². The molecule has 138 valence electrons. The van der Waals surface area contributed by atoms with E-state index in [1.54, 1.807) is 4.90 Å². The number of anilines is 1. The molecule has 2 aromatic heterocycles. The van der Waals surface area contributed by atoms with Gasteiger partial charge in [-0.2, -0.15) is 0 Å². The molecule has 2 aliphatic heterocycles. The third-order valence-electron chi connectivity index (χ3n) is 5.23. The monoisotopic (exact) mass is 356 g/mol. The zero-order chi connectivity index (χ0) is 18.1. The van der Waals surface area contributed by atoms with Crippen LogP contribution in [0.5, 0.6) is 0 Å². The van der Waals surface area contributed by atoms with Crippen LogP contribution in [0.4, 0.5) is 5.82 Å². The summed E-state index contributed by atoms with van der Waals surface area (Å²) in [6.45, 7) is 5.34. The van der Waals surface area contributed by atoms with E-state index in [0.29, 0.717) is 18.8 Å². The maximum atomic E-state index is 12.6. The van der Waals surface area contributed by atoms with Crippen molar-refractivity contribution < 1.29 is 4.79 Å². The van der Waals surface area contributed by atoms with Crippen LogP contribution in [-0.4, -0.2) is 56.9 Å². The average Bonchev–Trinajstić information content (AvgIpc) is 3.32. The number of aryl methyl sites for hydroxylation is 1. The molecule has 1 atom stereocenters. The summed E-state index contributed by atoms with van der Waals surface area (Å²) in [6, 6.07) is 2.09. The Morgan fingerprint density at radius 2 is 2.00 bits per heavy atom. The van der Waals surface area contributed by atoms with Crippen molar-refractivity contribution >= 4 is 11.7 Å². The molecule has 8 nitrogen and oxygen atoms in total. The first kappa shape index (κ1) is 16.8. The lowest BCUT2D eigenvalue weighted by Gasteiger charge is -2.32. The van der Waals surface area contributed by atoms with E-state index in [9.17, 15) is 9.59 Å². The highest BCUT2D eigenvalue weighted by Crippen LogP contribution is 2.29. The van der Waals surface area contributed by atoms with Gasteiger partial charge in [0, 0.05) is 44.4 Å². The molecular formula is C18H24N6O2. The van der Waals surface area contributed by atoms with E-state index in [0.717, 1.165) is 43.3 Å². The third kappa shape index (κ3) is 3.36. The van der Waals surface area contributed by atoms with Gasteiger partial charge in [-0.15, -0.1) is 0 Å².